The quantitative estimate of drug-likeness (QED) is 0.419. The molecule has 2 aromatic carbocycles. The highest BCUT2D eigenvalue weighted by atomic mass is 16.1. The Hall–Kier alpha value is -4.16. The molecule has 0 aliphatic rings. The van der Waals surface area contributed by atoms with Crippen LogP contribution in [0.4, 0.5) is 0 Å². The number of benzene rings is 2. The summed E-state index contributed by atoms with van der Waals surface area (Å²) in [5.41, 5.74) is 5.05. The van der Waals surface area contributed by atoms with E-state index in [0.717, 1.165) is 53.4 Å². The van der Waals surface area contributed by atoms with Gasteiger partial charge in [-0.1, -0.05) is 61.9 Å². The molecule has 8 nitrogen and oxygen atoms in total. The maximum Gasteiger partial charge on any atom is 0.261 e. The first kappa shape index (κ1) is 22.0. The second kappa shape index (κ2) is 9.97. The minimum Gasteiger partial charge on any atom is -0.269 e. The fourth-order valence-corrected chi connectivity index (χ4v) is 3.88. The number of aromatic nitrogens is 6. The smallest absolute Gasteiger partial charge is 0.261 e. The largest absolute Gasteiger partial charge is 0.269 e. The number of carbonyl (C=O) groups excluding carboxylic acids is 1. The molecule has 2 heterocycles. The highest BCUT2D eigenvalue weighted by Gasteiger charge is 2.15. The molecule has 2 aromatic heterocycles. The molecule has 8 heteroatoms. The normalized spacial score (nSPS) is 10.7. The summed E-state index contributed by atoms with van der Waals surface area (Å²) in [6.45, 7) is 3.83. The fourth-order valence-electron chi connectivity index (χ4n) is 3.88. The summed E-state index contributed by atoms with van der Waals surface area (Å²) in [4.78, 5) is 28.7. The Labute approximate surface area is 191 Å². The molecule has 1 N–H and O–H groups in total. The number of tetrazole rings is 1. The molecule has 0 spiro atoms. The van der Waals surface area contributed by atoms with Gasteiger partial charge in [0.15, 0.2) is 0 Å². The molecule has 166 valence electrons. The van der Waals surface area contributed by atoms with Crippen LogP contribution < -0.4 is 5.56 Å². The van der Waals surface area contributed by atoms with Gasteiger partial charge in [0.25, 0.3) is 5.56 Å². The molecule has 0 bridgehead atoms. The van der Waals surface area contributed by atoms with E-state index in [0.29, 0.717) is 23.6 Å². The molecule has 0 unspecified atom stereocenters. The molecule has 33 heavy (non-hydrogen) atoms. The van der Waals surface area contributed by atoms with Gasteiger partial charge in [-0.15, -0.1) is 10.2 Å². The summed E-state index contributed by atoms with van der Waals surface area (Å²) in [6.07, 6.45) is 4.22. The molecule has 0 fully saturated rings. The molecule has 0 radical (unpaired) electrons. The van der Waals surface area contributed by atoms with Crippen molar-refractivity contribution in [2.75, 3.05) is 0 Å². The van der Waals surface area contributed by atoms with E-state index >= 15 is 0 Å². The molecule has 4 rings (SSSR count). The fraction of sp³-hybridized carbons (Fsp3) is 0.240. The van der Waals surface area contributed by atoms with E-state index in [1.54, 1.807) is 12.9 Å². The summed E-state index contributed by atoms with van der Waals surface area (Å²) in [6, 6.07) is 15.9. The van der Waals surface area contributed by atoms with Crippen LogP contribution in [-0.4, -0.2) is 36.1 Å². The average molecular weight is 441 g/mol. The van der Waals surface area contributed by atoms with Crippen LogP contribution in [0.1, 0.15) is 42.4 Å². The lowest BCUT2D eigenvalue weighted by atomic mass is 9.96. The van der Waals surface area contributed by atoms with E-state index in [2.05, 4.69) is 32.5 Å². The van der Waals surface area contributed by atoms with Crippen LogP contribution in [0.25, 0.3) is 28.7 Å². The molecule has 4 aromatic rings. The first-order valence-electron chi connectivity index (χ1n) is 10.9. The standard InChI is InChI=1S/C25H24N6O2/c1-3-4-9-23-22(25(33)31(14-15-32)17(2)26-23)16-18-10-12-19(13-11-18)20-7-5-6-8-21(20)24-27-29-30-28-24/h5-8,10-14H,3-4,9,16H2,1-2H3,(H,27,28,29,30). The van der Waals surface area contributed by atoms with Gasteiger partial charge in [0.2, 0.25) is 5.82 Å². The number of rotatable bonds is 8. The van der Waals surface area contributed by atoms with Crippen molar-refractivity contribution in [2.24, 2.45) is 0 Å². The van der Waals surface area contributed by atoms with Crippen molar-refractivity contribution in [1.29, 1.82) is 0 Å². The maximum atomic E-state index is 13.1. The van der Waals surface area contributed by atoms with Gasteiger partial charge < -0.3 is 0 Å². The molecule has 0 atom stereocenters. The predicted octanol–water partition coefficient (Wildman–Crippen LogP) is 3.63. The van der Waals surface area contributed by atoms with Crippen molar-refractivity contribution >= 4 is 12.1 Å². The van der Waals surface area contributed by atoms with E-state index in [-0.39, 0.29) is 5.56 Å². The van der Waals surface area contributed by atoms with Gasteiger partial charge in [-0.05, 0) is 41.7 Å². The molecular weight excluding hydrogens is 416 g/mol. The summed E-state index contributed by atoms with van der Waals surface area (Å²) < 4.78 is 1.27. The number of H-pyrrole nitrogens is 1. The van der Waals surface area contributed by atoms with Crippen molar-refractivity contribution in [3.63, 3.8) is 0 Å². The van der Waals surface area contributed by atoms with Crippen molar-refractivity contribution in [2.45, 2.75) is 39.5 Å². The summed E-state index contributed by atoms with van der Waals surface area (Å²) >= 11 is 0. The molecule has 0 saturated heterocycles. The predicted molar refractivity (Wildman–Crippen MR) is 126 cm³/mol. The summed E-state index contributed by atoms with van der Waals surface area (Å²) in [5, 5.41) is 14.3. The third kappa shape index (κ3) is 4.71. The number of aryl methyl sites for hydroxylation is 2. The Bertz CT molecular complexity index is 1350. The van der Waals surface area contributed by atoms with Crippen molar-refractivity contribution in [3.05, 3.63) is 81.5 Å². The highest BCUT2D eigenvalue weighted by Crippen LogP contribution is 2.30. The molecule has 0 aliphatic heterocycles. The molecule has 0 amide bonds. The zero-order valence-corrected chi connectivity index (χ0v) is 18.6. The number of aromatic amines is 1. The Morgan fingerprint density at radius 3 is 2.52 bits per heavy atom. The van der Waals surface area contributed by atoms with E-state index in [9.17, 15) is 9.59 Å². The van der Waals surface area contributed by atoms with Crippen molar-refractivity contribution in [1.82, 2.24) is 30.2 Å². The summed E-state index contributed by atoms with van der Waals surface area (Å²) in [5.74, 6) is 2.72. The van der Waals surface area contributed by atoms with Crippen LogP contribution in [0.2, 0.25) is 0 Å². The topological polar surface area (TPSA) is 106 Å². The Balaban J connectivity index is 1.69. The Morgan fingerprint density at radius 2 is 1.85 bits per heavy atom. The van der Waals surface area contributed by atoms with E-state index in [1.807, 2.05) is 48.5 Å². The van der Waals surface area contributed by atoms with Crippen molar-refractivity contribution < 1.29 is 4.79 Å². The molecule has 0 saturated carbocycles. The zero-order chi connectivity index (χ0) is 23.2. The summed E-state index contributed by atoms with van der Waals surface area (Å²) in [7, 11) is 0. The van der Waals surface area contributed by atoms with Crippen molar-refractivity contribution in [3.8, 4) is 22.5 Å². The van der Waals surface area contributed by atoms with E-state index in [4.69, 9.17) is 0 Å². The second-order valence-electron chi connectivity index (χ2n) is 7.76. The first-order chi connectivity index (χ1) is 16.1. The molecule has 0 aliphatic carbocycles. The Kier molecular flexibility index (Phi) is 6.66. The van der Waals surface area contributed by atoms with Gasteiger partial charge in [0.05, 0.1) is 11.9 Å². The number of hydrogen-bond acceptors (Lipinski definition) is 6. The van der Waals surface area contributed by atoms with Gasteiger partial charge in [-0.25, -0.2) is 9.78 Å². The lowest BCUT2D eigenvalue weighted by molar-refractivity contribution is 0.569. The van der Waals surface area contributed by atoms with Gasteiger partial charge >= 0.3 is 0 Å². The van der Waals surface area contributed by atoms with Crippen LogP contribution in [-0.2, 0) is 17.6 Å². The number of nitrogens with zero attached hydrogens (tertiary/aromatic N) is 5. The average Bonchev–Trinajstić information content (AvgIpc) is 3.38. The maximum absolute atomic E-state index is 13.1. The monoisotopic (exact) mass is 440 g/mol. The van der Waals surface area contributed by atoms with Gasteiger partial charge in [0, 0.05) is 17.5 Å². The second-order valence-corrected chi connectivity index (χ2v) is 7.76. The lowest BCUT2D eigenvalue weighted by Crippen LogP contribution is -2.26. The third-order valence-corrected chi connectivity index (χ3v) is 5.58. The zero-order valence-electron chi connectivity index (χ0n) is 18.6. The first-order valence-corrected chi connectivity index (χ1v) is 10.9. The minimum absolute atomic E-state index is 0.219. The Morgan fingerprint density at radius 1 is 1.09 bits per heavy atom. The highest BCUT2D eigenvalue weighted by molar-refractivity contribution is 5.80. The van der Waals surface area contributed by atoms with Gasteiger partial charge in [-0.2, -0.15) is 5.21 Å². The van der Waals surface area contributed by atoms with E-state index < -0.39 is 0 Å². The van der Waals surface area contributed by atoms with Gasteiger partial charge in [0.1, 0.15) is 11.8 Å². The number of unbranched alkanes of at least 4 members (excludes halogenated alkanes) is 1. The van der Waals surface area contributed by atoms with E-state index in [1.165, 1.54) is 4.57 Å². The number of nitrogens with one attached hydrogen (secondary N) is 1. The van der Waals surface area contributed by atoms with Crippen LogP contribution in [0.5, 0.6) is 0 Å². The van der Waals surface area contributed by atoms with Crippen LogP contribution in [0, 0.1) is 6.92 Å². The lowest BCUT2D eigenvalue weighted by Gasteiger charge is -2.13. The van der Waals surface area contributed by atoms with Gasteiger partial charge in [-0.3, -0.25) is 9.36 Å². The van der Waals surface area contributed by atoms with Crippen LogP contribution in [0.3, 0.4) is 0 Å². The number of hydrogen-bond donors (Lipinski definition) is 1. The minimum atomic E-state index is -0.219. The SMILES string of the molecule is CCCCc1nc(C)n(C=C=O)c(=O)c1Cc1ccc(-c2ccccc2-c2nn[nH]n2)cc1. The molecular formula is C25H24N6O2. The third-order valence-electron chi connectivity index (χ3n) is 5.58. The van der Waals surface area contributed by atoms with Crippen LogP contribution in [0.15, 0.2) is 53.3 Å². The van der Waals surface area contributed by atoms with Crippen LogP contribution >= 0.6 is 0 Å².